The highest BCUT2D eigenvalue weighted by molar-refractivity contribution is 7.51. The van der Waals surface area contributed by atoms with Gasteiger partial charge in [0.1, 0.15) is 5.42 Å². The van der Waals surface area contributed by atoms with E-state index in [1.54, 1.807) is 0 Å². The maximum absolute atomic E-state index is 9.11. The third kappa shape index (κ3) is 0.740. The predicted molar refractivity (Wildman–Crippen MR) is 36.7 cm³/mol. The summed E-state index contributed by atoms with van der Waals surface area (Å²) >= 11 is 0. The van der Waals surface area contributed by atoms with Crippen LogP contribution in [0.1, 0.15) is 5.56 Å². The van der Waals surface area contributed by atoms with Crippen molar-refractivity contribution < 1.29 is 0 Å². The highest BCUT2D eigenvalue weighted by atomic mass is 31.1. The Bertz CT molecular complexity index is 171. The first-order valence-corrected chi connectivity index (χ1v) is 4.38. The van der Waals surface area contributed by atoms with Crippen molar-refractivity contribution >= 4 is 13.0 Å². The molecule has 1 atom stereocenters. The summed E-state index contributed by atoms with van der Waals surface area (Å²) in [6.45, 7) is 3.97. The summed E-state index contributed by atoms with van der Waals surface area (Å²) in [4.78, 5) is 0. The van der Waals surface area contributed by atoms with E-state index >= 15 is 0 Å². The van der Waals surface area contributed by atoms with Crippen LogP contribution in [0, 0.1) is 6.92 Å². The second-order valence-corrected chi connectivity index (χ2v) is 3.88. The van der Waals surface area contributed by atoms with Crippen molar-refractivity contribution in [1.29, 1.82) is 0 Å². The molecule has 1 rings (SSSR count). The lowest BCUT2D eigenvalue weighted by Crippen LogP contribution is -1.62. The maximum atomic E-state index is 9.11. The molecule has 8 heavy (non-hydrogen) atoms. The molecule has 0 saturated carbocycles. The van der Waals surface area contributed by atoms with Gasteiger partial charge in [0.2, 0.25) is 0 Å². The van der Waals surface area contributed by atoms with Crippen LogP contribution in [-0.2, 0) is 6.66 Å². The predicted octanol–water partition coefficient (Wildman–Crippen LogP) is 2.22. The standard InChI is InChI=1S/C6H8NP/c1-5-3-4-8(2)6(5)7/h3-4H,1-2H3. The summed E-state index contributed by atoms with van der Waals surface area (Å²) in [7, 11) is -0.311. The monoisotopic (exact) mass is 125 g/mol. The van der Waals surface area contributed by atoms with E-state index in [0.29, 0.717) is 5.42 Å². The first-order valence-electron chi connectivity index (χ1n) is 2.52. The topological polar surface area (TPSA) is 22.3 Å². The van der Waals surface area contributed by atoms with Gasteiger partial charge in [-0.15, -0.1) is 5.73 Å². The molecule has 0 aliphatic carbocycles. The zero-order valence-electron chi connectivity index (χ0n) is 5.05. The first-order chi connectivity index (χ1) is 3.72. The Morgan fingerprint density at radius 3 is 2.38 bits per heavy atom. The summed E-state index contributed by atoms with van der Waals surface area (Å²) in [5.41, 5.74) is 10.7. The minimum Gasteiger partial charge on any atom is -0.146 e. The molecule has 2 radical (unpaired) electrons. The van der Waals surface area contributed by atoms with E-state index in [0.717, 1.165) is 5.56 Å². The Labute approximate surface area is 50.6 Å². The molecule has 0 aliphatic heterocycles. The van der Waals surface area contributed by atoms with E-state index in [-0.39, 0.29) is 7.53 Å². The van der Waals surface area contributed by atoms with Gasteiger partial charge < -0.3 is 0 Å². The van der Waals surface area contributed by atoms with Gasteiger partial charge >= 0.3 is 0 Å². The van der Waals surface area contributed by atoms with E-state index in [4.69, 9.17) is 5.73 Å². The number of rotatable bonds is 0. The summed E-state index contributed by atoms with van der Waals surface area (Å²) in [6, 6.07) is 1.97. The molecular weight excluding hydrogens is 117 g/mol. The molecule has 0 saturated heterocycles. The summed E-state index contributed by atoms with van der Waals surface area (Å²) < 4.78 is 0. The van der Waals surface area contributed by atoms with E-state index in [2.05, 4.69) is 5.80 Å². The van der Waals surface area contributed by atoms with Crippen molar-refractivity contribution in [3.8, 4) is 0 Å². The fourth-order valence-corrected chi connectivity index (χ4v) is 1.87. The number of aryl methyl sites for hydroxylation is 2. The van der Waals surface area contributed by atoms with Crippen LogP contribution in [0.4, 0.5) is 5.42 Å². The van der Waals surface area contributed by atoms with E-state index < -0.39 is 0 Å². The van der Waals surface area contributed by atoms with Crippen LogP contribution < -0.4 is 5.73 Å². The Hall–Kier alpha value is -0.420. The lowest BCUT2D eigenvalue weighted by molar-refractivity contribution is 1.46. The molecule has 0 aliphatic rings. The first kappa shape index (κ1) is 5.71. The average molecular weight is 125 g/mol. The molecule has 0 spiro atoms. The highest BCUT2D eigenvalue weighted by Gasteiger charge is 1.97. The fraction of sp³-hybridized carbons (Fsp3) is 0.333. The molecule has 0 N–H and O–H groups in total. The number of nitrogens with zero attached hydrogens (tertiary/aromatic N) is 1. The molecule has 1 aromatic rings. The largest absolute Gasteiger partial charge is 0.146 e. The zero-order valence-corrected chi connectivity index (χ0v) is 5.94. The third-order valence-corrected chi connectivity index (χ3v) is 2.85. The van der Waals surface area contributed by atoms with Crippen LogP contribution >= 0.6 is 7.53 Å². The van der Waals surface area contributed by atoms with E-state index in [1.807, 2.05) is 19.7 Å². The molecular formula is C6H8NP. The quantitative estimate of drug-likeness (QED) is 0.507. The molecule has 0 amide bonds. The second kappa shape index (κ2) is 1.83. The van der Waals surface area contributed by atoms with Crippen molar-refractivity contribution in [3.05, 3.63) is 17.4 Å². The molecule has 1 aromatic heterocycles. The SMILES string of the molecule is Cc1ccp(C)c1[N]. The maximum Gasteiger partial charge on any atom is 0.107 e. The lowest BCUT2D eigenvalue weighted by Gasteiger charge is -1.84. The molecule has 0 aromatic carbocycles. The van der Waals surface area contributed by atoms with Crippen LogP contribution in [0.15, 0.2) is 11.9 Å². The van der Waals surface area contributed by atoms with Gasteiger partial charge in [-0.1, -0.05) is 13.6 Å². The van der Waals surface area contributed by atoms with Gasteiger partial charge in [-0.05, 0) is 25.0 Å². The van der Waals surface area contributed by atoms with E-state index in [9.17, 15) is 0 Å². The lowest BCUT2D eigenvalue weighted by atomic mass is 10.4. The third-order valence-electron chi connectivity index (χ3n) is 1.23. The Kier molecular flexibility index (Phi) is 1.31. The summed E-state index contributed by atoms with van der Waals surface area (Å²) in [5.74, 6) is 2.06. The average Bonchev–Trinajstić information content (AvgIpc) is 1.98. The summed E-state index contributed by atoms with van der Waals surface area (Å²) in [5, 5.41) is 0. The van der Waals surface area contributed by atoms with Crippen molar-refractivity contribution in [2.75, 3.05) is 0 Å². The van der Waals surface area contributed by atoms with Crippen molar-refractivity contribution in [3.63, 3.8) is 0 Å². The molecule has 1 nitrogen and oxygen atoms in total. The normalized spacial score (nSPS) is 12.0. The summed E-state index contributed by atoms with van der Waals surface area (Å²) in [6.07, 6.45) is 0. The van der Waals surface area contributed by atoms with Gasteiger partial charge in [0.25, 0.3) is 0 Å². The smallest absolute Gasteiger partial charge is 0.107 e. The minimum absolute atomic E-state index is 0.311. The molecule has 1 heterocycles. The Morgan fingerprint density at radius 2 is 2.25 bits per heavy atom. The number of hydrogen-bond donors (Lipinski definition) is 0. The Morgan fingerprint density at radius 1 is 1.62 bits per heavy atom. The van der Waals surface area contributed by atoms with Gasteiger partial charge in [0.05, 0.1) is 0 Å². The molecule has 1 unspecified atom stereocenters. The van der Waals surface area contributed by atoms with Gasteiger partial charge in [-0.3, -0.25) is 0 Å². The molecule has 0 bridgehead atoms. The van der Waals surface area contributed by atoms with Crippen LogP contribution in [0.2, 0.25) is 0 Å². The molecule has 42 valence electrons. The van der Waals surface area contributed by atoms with Crippen molar-refractivity contribution in [1.82, 2.24) is 5.73 Å². The Balaban J connectivity index is 3.19. The van der Waals surface area contributed by atoms with Crippen molar-refractivity contribution in [2.45, 2.75) is 6.92 Å². The van der Waals surface area contributed by atoms with Crippen LogP contribution in [0.3, 0.4) is 0 Å². The van der Waals surface area contributed by atoms with Crippen LogP contribution in [-0.4, -0.2) is 0 Å². The number of hydrogen-bond acceptors (Lipinski definition) is 0. The second-order valence-electron chi connectivity index (χ2n) is 1.93. The highest BCUT2D eigenvalue weighted by Crippen LogP contribution is 2.36. The minimum atomic E-state index is -0.311. The van der Waals surface area contributed by atoms with Crippen LogP contribution in [0.5, 0.6) is 0 Å². The van der Waals surface area contributed by atoms with Gasteiger partial charge in [0.15, 0.2) is 0 Å². The van der Waals surface area contributed by atoms with E-state index in [1.165, 1.54) is 0 Å². The molecule has 2 heteroatoms. The van der Waals surface area contributed by atoms with Crippen molar-refractivity contribution in [2.24, 2.45) is 6.66 Å². The zero-order chi connectivity index (χ0) is 6.15. The van der Waals surface area contributed by atoms with Gasteiger partial charge in [-0.2, -0.15) is 0 Å². The molecule has 0 fully saturated rings. The van der Waals surface area contributed by atoms with Crippen LogP contribution in [0.25, 0.3) is 0 Å². The van der Waals surface area contributed by atoms with Gasteiger partial charge in [-0.25, -0.2) is 0 Å². The fourth-order valence-electron chi connectivity index (χ4n) is 0.647. The van der Waals surface area contributed by atoms with Gasteiger partial charge in [0, 0.05) is 0 Å².